The van der Waals surface area contributed by atoms with Gasteiger partial charge in [0.2, 0.25) is 5.60 Å². The molecule has 0 bridgehead atoms. The summed E-state index contributed by atoms with van der Waals surface area (Å²) < 4.78 is 43.6. The van der Waals surface area contributed by atoms with Gasteiger partial charge in [0.1, 0.15) is 6.17 Å². The van der Waals surface area contributed by atoms with Crippen molar-refractivity contribution in [3.63, 3.8) is 0 Å². The molecule has 8 heteroatoms. The highest BCUT2D eigenvalue weighted by Crippen LogP contribution is 2.71. The van der Waals surface area contributed by atoms with Gasteiger partial charge in [-0.05, 0) is 49.8 Å². The number of fused-ring (bicyclic) bond motifs is 5. The molecule has 33 heavy (non-hydrogen) atoms. The van der Waals surface area contributed by atoms with Crippen LogP contribution in [0.5, 0.6) is 0 Å². The smallest absolute Gasteiger partial charge is 0.351 e. The lowest BCUT2D eigenvalue weighted by atomic mass is 9.44. The van der Waals surface area contributed by atoms with E-state index < -0.39 is 69.9 Å². The number of rotatable bonds is 3. The summed E-state index contributed by atoms with van der Waals surface area (Å²) in [6.45, 7) is 6.59. The van der Waals surface area contributed by atoms with Crippen molar-refractivity contribution in [1.29, 1.82) is 0 Å². The van der Waals surface area contributed by atoms with Crippen LogP contribution in [0.2, 0.25) is 0 Å². The van der Waals surface area contributed by atoms with E-state index in [0.29, 0.717) is 6.42 Å². The number of hydrogen-bond acceptors (Lipinski definition) is 6. The third-order valence-electron chi connectivity index (χ3n) is 9.22. The molecule has 0 aromatic rings. The zero-order valence-electron chi connectivity index (χ0n) is 19.7. The van der Waals surface area contributed by atoms with Gasteiger partial charge in [0.05, 0.1) is 13.2 Å². The van der Waals surface area contributed by atoms with Crippen molar-refractivity contribution in [2.75, 3.05) is 7.11 Å². The molecule has 4 aliphatic rings. The molecule has 3 saturated carbocycles. The average molecular weight is 467 g/mol. The topological polar surface area (TPSA) is 89.9 Å². The minimum absolute atomic E-state index is 0.0306. The first-order chi connectivity index (χ1) is 15.3. The lowest BCUT2D eigenvalue weighted by Gasteiger charge is -2.63. The maximum absolute atomic E-state index is 17.2. The highest BCUT2D eigenvalue weighted by molar-refractivity contribution is 6.01. The molecule has 3 fully saturated rings. The van der Waals surface area contributed by atoms with Crippen LogP contribution >= 0.6 is 0 Å². The molecule has 4 rings (SSSR count). The van der Waals surface area contributed by atoms with Gasteiger partial charge in [0, 0.05) is 29.1 Å². The largest absolute Gasteiger partial charge is 0.466 e. The number of esters is 2. The minimum Gasteiger partial charge on any atom is -0.466 e. The van der Waals surface area contributed by atoms with Crippen LogP contribution in [-0.2, 0) is 23.9 Å². The van der Waals surface area contributed by atoms with E-state index in [1.807, 2.05) is 0 Å². The van der Waals surface area contributed by atoms with Crippen LogP contribution in [-0.4, -0.2) is 53.5 Å². The first-order valence-electron chi connectivity index (χ1n) is 11.6. The summed E-state index contributed by atoms with van der Waals surface area (Å²) in [7, 11) is 1.20. The van der Waals surface area contributed by atoms with E-state index in [1.165, 1.54) is 26.2 Å². The molecule has 0 unspecified atom stereocenters. The molecule has 0 amide bonds. The Kier molecular flexibility index (Phi) is 5.43. The standard InChI is InChI=1S/C25H32F2O6/c1-6-20(30)33-25(21(31)32-5)13(2)9-15-16-11-18(26)17-10-14(28)7-8-22(17,3)24(16,27)19(29)12-23(15,25)4/h7-8,10,13,15-16,18-19,29H,6,9,11-12H2,1-5H3/t13-,15+,16+,18+,19+,22+,23+,24+,25+/m1/s1. The lowest BCUT2D eigenvalue weighted by Crippen LogP contribution is -2.71. The minimum atomic E-state index is -2.26. The molecular formula is C25H32F2O6. The Morgan fingerprint density at radius 1 is 1.24 bits per heavy atom. The van der Waals surface area contributed by atoms with Gasteiger partial charge in [0.25, 0.3) is 0 Å². The summed E-state index contributed by atoms with van der Waals surface area (Å²) in [5, 5.41) is 11.4. The number of alkyl halides is 2. The summed E-state index contributed by atoms with van der Waals surface area (Å²) in [6, 6.07) is 0. The molecule has 0 heterocycles. The Balaban J connectivity index is 1.88. The Bertz CT molecular complexity index is 961. The molecule has 9 atom stereocenters. The number of carbonyl (C=O) groups is 3. The number of methoxy groups -OCH3 is 1. The molecule has 0 saturated heterocycles. The van der Waals surface area contributed by atoms with Crippen LogP contribution in [0.25, 0.3) is 0 Å². The Morgan fingerprint density at radius 2 is 1.91 bits per heavy atom. The number of hydrogen-bond donors (Lipinski definition) is 1. The van der Waals surface area contributed by atoms with Gasteiger partial charge in [-0.2, -0.15) is 0 Å². The van der Waals surface area contributed by atoms with Crippen molar-refractivity contribution in [3.05, 3.63) is 23.8 Å². The van der Waals surface area contributed by atoms with Crippen molar-refractivity contribution in [3.8, 4) is 0 Å². The van der Waals surface area contributed by atoms with E-state index in [9.17, 15) is 19.5 Å². The van der Waals surface area contributed by atoms with Crippen LogP contribution in [0.4, 0.5) is 8.78 Å². The highest BCUT2D eigenvalue weighted by atomic mass is 19.1. The van der Waals surface area contributed by atoms with Crippen molar-refractivity contribution >= 4 is 17.7 Å². The van der Waals surface area contributed by atoms with Crippen LogP contribution in [0.1, 0.15) is 53.4 Å². The Labute approximate surface area is 192 Å². The number of ketones is 1. The second-order valence-electron chi connectivity index (χ2n) is 10.6. The lowest BCUT2D eigenvalue weighted by molar-refractivity contribution is -0.238. The normalized spacial score (nSPS) is 48.3. The van der Waals surface area contributed by atoms with E-state index in [0.717, 1.165) is 6.08 Å². The molecule has 1 N–H and O–H groups in total. The molecule has 0 aliphatic heterocycles. The van der Waals surface area contributed by atoms with Crippen LogP contribution in [0.3, 0.4) is 0 Å². The Hall–Kier alpha value is -2.09. The summed E-state index contributed by atoms with van der Waals surface area (Å²) >= 11 is 0. The fourth-order valence-corrected chi connectivity index (χ4v) is 7.62. The van der Waals surface area contributed by atoms with E-state index in [2.05, 4.69) is 0 Å². The van der Waals surface area contributed by atoms with Crippen molar-refractivity contribution in [2.24, 2.45) is 28.6 Å². The fourth-order valence-electron chi connectivity index (χ4n) is 7.62. The first-order valence-corrected chi connectivity index (χ1v) is 11.6. The van der Waals surface area contributed by atoms with Gasteiger partial charge in [-0.1, -0.05) is 26.8 Å². The molecule has 0 aromatic carbocycles. The zero-order chi connectivity index (χ0) is 24.6. The summed E-state index contributed by atoms with van der Waals surface area (Å²) in [5.74, 6) is -3.81. The maximum atomic E-state index is 17.2. The van der Waals surface area contributed by atoms with Gasteiger partial charge in [-0.15, -0.1) is 0 Å². The summed E-state index contributed by atoms with van der Waals surface area (Å²) in [5.41, 5.74) is -6.62. The summed E-state index contributed by atoms with van der Waals surface area (Å²) in [6.07, 6.45) is 0.495. The van der Waals surface area contributed by atoms with E-state index in [-0.39, 0.29) is 24.8 Å². The van der Waals surface area contributed by atoms with Gasteiger partial charge in [-0.25, -0.2) is 13.6 Å². The number of carbonyl (C=O) groups excluding carboxylic acids is 3. The first kappa shape index (κ1) is 24.0. The SMILES string of the molecule is CCC(=O)O[C@]1(C(=O)OC)[C@H](C)C[C@H]2[C@@H]3C[C@H](F)C4=CC(=O)C=C[C@]4(C)[C@@]3(F)[C@@H](O)C[C@@]21C. The van der Waals surface area contributed by atoms with Gasteiger partial charge in [-0.3, -0.25) is 9.59 Å². The maximum Gasteiger partial charge on any atom is 0.351 e. The van der Waals surface area contributed by atoms with Crippen molar-refractivity contribution in [1.82, 2.24) is 0 Å². The number of allylic oxidation sites excluding steroid dienone is 4. The van der Waals surface area contributed by atoms with Crippen LogP contribution in [0, 0.1) is 28.6 Å². The third-order valence-corrected chi connectivity index (χ3v) is 9.22. The van der Waals surface area contributed by atoms with Gasteiger partial charge in [0.15, 0.2) is 11.5 Å². The van der Waals surface area contributed by atoms with Gasteiger partial charge < -0.3 is 14.6 Å². The van der Waals surface area contributed by atoms with Gasteiger partial charge >= 0.3 is 11.9 Å². The molecular weight excluding hydrogens is 434 g/mol. The number of halogens is 2. The van der Waals surface area contributed by atoms with Crippen molar-refractivity contribution < 1.29 is 37.7 Å². The number of aliphatic hydroxyl groups excluding tert-OH is 1. The predicted octanol–water partition coefficient (Wildman–Crippen LogP) is 3.42. The molecule has 0 radical (unpaired) electrons. The highest BCUT2D eigenvalue weighted by Gasteiger charge is 2.78. The number of aliphatic hydroxyl groups is 1. The molecule has 0 spiro atoms. The van der Waals surface area contributed by atoms with Crippen LogP contribution < -0.4 is 0 Å². The second kappa shape index (κ2) is 7.45. The second-order valence-corrected chi connectivity index (χ2v) is 10.6. The monoisotopic (exact) mass is 466 g/mol. The van der Waals surface area contributed by atoms with E-state index >= 15 is 8.78 Å². The third kappa shape index (κ3) is 2.76. The zero-order valence-corrected chi connectivity index (χ0v) is 19.7. The molecule has 182 valence electrons. The van der Waals surface area contributed by atoms with E-state index in [4.69, 9.17) is 9.47 Å². The molecule has 0 aromatic heterocycles. The summed E-state index contributed by atoms with van der Waals surface area (Å²) in [4.78, 5) is 37.6. The average Bonchev–Trinajstić information content (AvgIpc) is 2.98. The predicted molar refractivity (Wildman–Crippen MR) is 114 cm³/mol. The Morgan fingerprint density at radius 3 is 2.52 bits per heavy atom. The molecule has 4 aliphatic carbocycles. The fraction of sp³-hybridized carbons (Fsp3) is 0.720. The van der Waals surface area contributed by atoms with Crippen LogP contribution in [0.15, 0.2) is 23.8 Å². The van der Waals surface area contributed by atoms with E-state index in [1.54, 1.807) is 20.8 Å². The number of ether oxygens (including phenoxy) is 2. The quantitative estimate of drug-likeness (QED) is 0.641. The molecule has 6 nitrogen and oxygen atoms in total. The van der Waals surface area contributed by atoms with Crippen molar-refractivity contribution in [2.45, 2.75) is 76.9 Å².